The molecule has 1 aliphatic heterocycles. The molecule has 2 heterocycles. The van der Waals surface area contributed by atoms with Gasteiger partial charge in [-0.1, -0.05) is 51.1 Å². The molecule has 2 aromatic carbocycles. The molecule has 72 heavy (non-hydrogen) atoms. The molecular formula is C47H57F5N6O12S2. The molecule has 0 fully saturated rings. The summed E-state index contributed by atoms with van der Waals surface area (Å²) in [5.74, 6) is -11.2. The molecule has 0 unspecified atom stereocenters. The first-order valence-electron chi connectivity index (χ1n) is 22.2. The molecule has 25 heteroatoms. The summed E-state index contributed by atoms with van der Waals surface area (Å²) in [5, 5.41) is 21.1. The van der Waals surface area contributed by atoms with Crippen molar-refractivity contribution in [2.24, 2.45) is 17.1 Å². The summed E-state index contributed by atoms with van der Waals surface area (Å²) in [6.45, 7) is 5.43. The highest BCUT2D eigenvalue weighted by molar-refractivity contribution is 7.99. The normalized spacial score (nSPS) is 13.5. The van der Waals surface area contributed by atoms with Gasteiger partial charge in [-0.25, -0.2) is 22.0 Å². The van der Waals surface area contributed by atoms with Gasteiger partial charge in [0, 0.05) is 79.9 Å². The van der Waals surface area contributed by atoms with E-state index < -0.39 is 111 Å². The average Bonchev–Trinajstić information content (AvgIpc) is 3.84. The second-order valence-corrected chi connectivity index (χ2v) is 20.8. The number of benzene rings is 2. The number of Topliss-reactive ketones (excluding diaryl/α,β-unsaturated/α-hetero) is 1. The third-order valence-corrected chi connectivity index (χ3v) is 13.3. The average molecular weight is 1060 g/mol. The summed E-state index contributed by atoms with van der Waals surface area (Å²) in [5.41, 5.74) is 7.36. The van der Waals surface area contributed by atoms with Crippen molar-refractivity contribution in [2.75, 3.05) is 55.7 Å². The van der Waals surface area contributed by atoms with E-state index in [0.29, 0.717) is 29.1 Å². The van der Waals surface area contributed by atoms with Gasteiger partial charge in [0.25, 0.3) is 11.8 Å². The number of nitrogens with two attached hydrogens (primary N) is 1. The van der Waals surface area contributed by atoms with Crippen LogP contribution in [0.2, 0.25) is 0 Å². The molecule has 6 N–H and O–H groups in total. The number of halogens is 5. The summed E-state index contributed by atoms with van der Waals surface area (Å²) >= 11 is 1.07. The number of carbonyl (C=O) groups is 8. The molecule has 0 bridgehead atoms. The van der Waals surface area contributed by atoms with E-state index in [9.17, 15) is 59.5 Å². The van der Waals surface area contributed by atoms with Gasteiger partial charge in [0.1, 0.15) is 24.0 Å². The van der Waals surface area contributed by atoms with Crippen LogP contribution in [0.5, 0.6) is 0 Å². The Bertz CT molecular complexity index is 2550. The Morgan fingerprint density at radius 3 is 2.06 bits per heavy atom. The summed E-state index contributed by atoms with van der Waals surface area (Å²) in [6, 6.07) is 13.8. The third-order valence-electron chi connectivity index (χ3n) is 10.6. The number of amides is 5. The van der Waals surface area contributed by atoms with Crippen molar-refractivity contribution >= 4 is 68.9 Å². The van der Waals surface area contributed by atoms with Crippen LogP contribution in [0.4, 0.5) is 22.0 Å². The Morgan fingerprint density at radius 1 is 0.875 bits per heavy atom. The lowest BCUT2D eigenvalue weighted by Gasteiger charge is -2.41. The van der Waals surface area contributed by atoms with E-state index in [0.717, 1.165) is 47.7 Å². The number of ketones is 1. The number of aliphatic carboxylic acids is 2. The van der Waals surface area contributed by atoms with Crippen LogP contribution < -0.4 is 16.4 Å². The molecule has 2 atom stereocenters. The molecular weight excluding hydrogens is 1000 g/mol. The van der Waals surface area contributed by atoms with E-state index in [-0.39, 0.29) is 62.0 Å². The molecule has 0 aliphatic carbocycles. The highest BCUT2D eigenvalue weighted by Gasteiger charge is 2.39. The maximum atomic E-state index is 15.2. The van der Waals surface area contributed by atoms with Crippen LogP contribution in [0.1, 0.15) is 63.8 Å². The Labute approximate surface area is 416 Å². The molecule has 0 saturated carbocycles. The smallest absolute Gasteiger partial charge is 0.481 e. The molecule has 5 amide bonds. The van der Waals surface area contributed by atoms with Gasteiger partial charge in [-0.05, 0) is 48.2 Å². The van der Waals surface area contributed by atoms with Crippen molar-refractivity contribution < 1.29 is 78.9 Å². The lowest BCUT2D eigenvalue weighted by Crippen LogP contribution is -2.44. The maximum absolute atomic E-state index is 15.2. The Hall–Kier alpha value is -6.47. The lowest BCUT2D eigenvalue weighted by atomic mass is 9.83. The Kier molecular flexibility index (Phi) is 22.8. The van der Waals surface area contributed by atoms with Gasteiger partial charge in [0.2, 0.25) is 17.7 Å². The van der Waals surface area contributed by atoms with Crippen molar-refractivity contribution in [1.29, 1.82) is 0 Å². The van der Waals surface area contributed by atoms with E-state index in [4.69, 9.17) is 20.7 Å². The number of carbonyl (C=O) groups excluding carboxylic acids is 6. The summed E-state index contributed by atoms with van der Waals surface area (Å²) in [4.78, 5) is 98.7. The fourth-order valence-electron chi connectivity index (χ4n) is 7.20. The number of alkyl halides is 3. The van der Waals surface area contributed by atoms with Crippen molar-refractivity contribution in [3.8, 4) is 11.1 Å². The largest absolute Gasteiger partial charge is 0.490 e. The van der Waals surface area contributed by atoms with Crippen LogP contribution in [0, 0.1) is 23.0 Å². The van der Waals surface area contributed by atoms with E-state index in [2.05, 4.69) is 10.6 Å². The first-order valence-corrected chi connectivity index (χ1v) is 25.2. The molecule has 18 nitrogen and oxygen atoms in total. The number of sulfone groups is 1. The number of carboxylic acid groups (broad SMARTS) is 2. The first-order chi connectivity index (χ1) is 33.6. The standard InChI is InChI=1S/C45H56F2N6O10S2.C2HF3O2/c1-45(2,3)43(37-23-31(35-24-33(46)10-12-36(35)47)26-51(37)25-30-8-5-4-6-9-30)52(19-7-16-48)41(58)29-64-28-32(22-34(54)11-15-42(59)60)44(61)50-18-21-65(62,63)20-17-49-38(55)27-53-39(56)13-14-40(53)57;3-2(4,5)1(6)7/h4-6,8-10,12-14,23-24,26,32,43H,7,11,15-22,25,27-29,48H2,1-3H3,(H,49,55)(H,50,61)(H,59,60);(H,6,7)/t32-,43-;/m0./s1. The maximum Gasteiger partial charge on any atom is 0.490 e. The fourth-order valence-corrected chi connectivity index (χ4v) is 9.24. The molecule has 0 saturated heterocycles. The first kappa shape index (κ1) is 59.8. The van der Waals surface area contributed by atoms with E-state index in [1.165, 1.54) is 0 Å². The Balaban J connectivity index is 0.00000181. The van der Waals surface area contributed by atoms with E-state index in [1.807, 2.05) is 55.7 Å². The van der Waals surface area contributed by atoms with Gasteiger partial charge in [0.05, 0.1) is 35.6 Å². The van der Waals surface area contributed by atoms with Crippen LogP contribution in [0.25, 0.3) is 11.1 Å². The zero-order valence-electron chi connectivity index (χ0n) is 39.6. The van der Waals surface area contributed by atoms with E-state index >= 15 is 4.39 Å². The Morgan fingerprint density at radius 2 is 1.49 bits per heavy atom. The molecule has 0 spiro atoms. The summed E-state index contributed by atoms with van der Waals surface area (Å²) in [7, 11) is -3.84. The second kappa shape index (κ2) is 27.4. The number of carboxylic acids is 2. The monoisotopic (exact) mass is 1060 g/mol. The molecule has 4 rings (SSSR count). The number of hydrogen-bond acceptors (Lipinski definition) is 12. The number of rotatable bonds is 26. The quantitative estimate of drug-likeness (QED) is 0.0559. The number of hydrogen-bond donors (Lipinski definition) is 5. The minimum atomic E-state index is -5.08. The highest BCUT2D eigenvalue weighted by Crippen LogP contribution is 2.41. The van der Waals surface area contributed by atoms with Crippen LogP contribution in [-0.4, -0.2) is 142 Å². The zero-order valence-corrected chi connectivity index (χ0v) is 41.2. The van der Waals surface area contributed by atoms with Crippen molar-refractivity contribution in [3.05, 3.63) is 95.8 Å². The number of nitrogens with zero attached hydrogens (tertiary/aromatic N) is 3. The predicted octanol–water partition coefficient (Wildman–Crippen LogP) is 4.13. The van der Waals surface area contributed by atoms with Gasteiger partial charge < -0.3 is 36.0 Å². The zero-order chi connectivity index (χ0) is 54.0. The molecule has 3 aromatic rings. The van der Waals surface area contributed by atoms with Gasteiger partial charge in [0.15, 0.2) is 9.84 Å². The van der Waals surface area contributed by atoms with E-state index in [1.54, 1.807) is 17.2 Å². The molecule has 0 radical (unpaired) electrons. The minimum Gasteiger partial charge on any atom is -0.481 e. The van der Waals surface area contributed by atoms with Crippen molar-refractivity contribution in [1.82, 2.24) is 25.0 Å². The molecule has 1 aromatic heterocycles. The fraction of sp³-hybridized carbons (Fsp3) is 0.447. The van der Waals surface area contributed by atoms with Gasteiger partial charge in [-0.15, -0.1) is 0 Å². The number of imide groups is 1. The van der Waals surface area contributed by atoms with Crippen LogP contribution in [-0.2, 0) is 54.7 Å². The topological polar surface area (TPSA) is 273 Å². The third kappa shape index (κ3) is 19.6. The number of thioether (sulfide) groups is 1. The molecule has 394 valence electrons. The predicted molar refractivity (Wildman–Crippen MR) is 254 cm³/mol. The summed E-state index contributed by atoms with van der Waals surface area (Å²) < 4.78 is 88.8. The number of nitrogens with one attached hydrogen (secondary N) is 2. The van der Waals surface area contributed by atoms with Crippen LogP contribution in [0.3, 0.4) is 0 Å². The minimum absolute atomic E-state index is 0.0511. The van der Waals surface area contributed by atoms with Crippen molar-refractivity contribution in [3.63, 3.8) is 0 Å². The SMILES string of the molecule is CC(C)(C)[C@H](c1cc(-c2cc(F)ccc2F)cn1Cc1ccccc1)N(CCCN)C(=O)CSC[C@H](CC(=O)CCC(=O)O)C(=O)NCCS(=O)(=O)CCNC(=O)CN1C(=O)C=CC1=O.O=C(O)C(F)(F)F. The second-order valence-electron chi connectivity index (χ2n) is 17.4. The lowest BCUT2D eigenvalue weighted by molar-refractivity contribution is -0.192. The van der Waals surface area contributed by atoms with Gasteiger partial charge >= 0.3 is 18.1 Å². The number of aromatic nitrogens is 1. The summed E-state index contributed by atoms with van der Waals surface area (Å²) in [6.07, 6.45) is -2.08. The van der Waals surface area contributed by atoms with Crippen LogP contribution >= 0.6 is 11.8 Å². The van der Waals surface area contributed by atoms with Gasteiger partial charge in [-0.3, -0.25) is 38.5 Å². The van der Waals surface area contributed by atoms with Gasteiger partial charge in [-0.2, -0.15) is 24.9 Å². The highest BCUT2D eigenvalue weighted by atomic mass is 32.2. The van der Waals surface area contributed by atoms with Crippen molar-refractivity contribution in [2.45, 2.75) is 65.2 Å². The van der Waals surface area contributed by atoms with Crippen LogP contribution in [0.15, 0.2) is 72.9 Å². The molecule has 1 aliphatic rings.